The smallest absolute Gasteiger partial charge is 0.403 e. The van der Waals surface area contributed by atoms with E-state index in [1.807, 2.05) is 47.6 Å². The topological polar surface area (TPSA) is 93.2 Å². The molecule has 1 aromatic rings. The number of benzene rings is 1. The molecule has 0 unspecified atom stereocenters. The summed E-state index contributed by atoms with van der Waals surface area (Å²) in [6, 6.07) is 1.86. The molecule has 0 radical (unpaired) electrons. The number of hydrogen-bond acceptors (Lipinski definition) is 4. The lowest BCUT2D eigenvalue weighted by molar-refractivity contribution is 0.00578. The van der Waals surface area contributed by atoms with Gasteiger partial charge in [-0.2, -0.15) is 0 Å². The lowest BCUT2D eigenvalue weighted by Gasteiger charge is -2.32. The average molecular weight is 316 g/mol. The van der Waals surface area contributed by atoms with E-state index in [4.69, 9.17) is 20.6 Å². The molecule has 0 aliphatic carbocycles. The van der Waals surface area contributed by atoms with Crippen molar-refractivity contribution in [2.45, 2.75) is 65.6 Å². The van der Waals surface area contributed by atoms with Gasteiger partial charge in [0, 0.05) is 23.5 Å². The van der Waals surface area contributed by atoms with Crippen LogP contribution in [0.5, 0.6) is 0 Å². The van der Waals surface area contributed by atoms with Crippen LogP contribution in [0.3, 0.4) is 0 Å². The van der Waals surface area contributed by atoms with Crippen LogP contribution in [-0.4, -0.2) is 18.3 Å². The van der Waals surface area contributed by atoms with Crippen LogP contribution in [-0.2, 0) is 22.2 Å². The molecule has 0 spiro atoms. The average Bonchev–Trinajstić information content (AvgIpc) is 2.66. The molecule has 0 saturated carbocycles. The maximum atomic E-state index is 8.77. The van der Waals surface area contributed by atoms with Crippen LogP contribution < -0.4 is 5.73 Å². The summed E-state index contributed by atoms with van der Waals surface area (Å²) < 4.78 is 12.2. The Hall–Kier alpha value is -1.53. The van der Waals surface area contributed by atoms with Crippen molar-refractivity contribution in [2.75, 3.05) is 0 Å². The zero-order chi connectivity index (χ0) is 17.4. The van der Waals surface area contributed by atoms with Crippen molar-refractivity contribution in [3.63, 3.8) is 0 Å². The second-order valence-electron chi connectivity index (χ2n) is 7.07. The van der Waals surface area contributed by atoms with Crippen LogP contribution in [0.2, 0.25) is 0 Å². The SMILES string of the molecule is Cc1c(CN)cc(N=[N+]=[N-])c(C)c1CB1OC(C)(C)C(C)(C)O1. The first kappa shape index (κ1) is 17.8. The molecule has 124 valence electrons. The van der Waals surface area contributed by atoms with Gasteiger partial charge in [-0.3, -0.25) is 0 Å². The van der Waals surface area contributed by atoms with E-state index in [9.17, 15) is 0 Å². The molecular formula is C16H25BN4O2. The van der Waals surface area contributed by atoms with Gasteiger partial charge >= 0.3 is 7.12 Å². The largest absolute Gasteiger partial charge is 0.462 e. The lowest BCUT2D eigenvalue weighted by atomic mass is 9.76. The summed E-state index contributed by atoms with van der Waals surface area (Å²) in [5.74, 6) is 0. The lowest BCUT2D eigenvalue weighted by Crippen LogP contribution is -2.41. The van der Waals surface area contributed by atoms with Crippen LogP contribution in [0.4, 0.5) is 5.69 Å². The molecule has 1 heterocycles. The van der Waals surface area contributed by atoms with Crippen LogP contribution in [0.15, 0.2) is 11.2 Å². The molecule has 1 saturated heterocycles. The van der Waals surface area contributed by atoms with Crippen LogP contribution in [0.1, 0.15) is 49.9 Å². The molecule has 2 rings (SSSR count). The minimum Gasteiger partial charge on any atom is -0.403 e. The predicted molar refractivity (Wildman–Crippen MR) is 92.4 cm³/mol. The van der Waals surface area contributed by atoms with Crippen molar-refractivity contribution in [3.8, 4) is 0 Å². The van der Waals surface area contributed by atoms with Gasteiger partial charge in [-0.05, 0) is 75.4 Å². The molecule has 1 aliphatic rings. The number of nitrogens with zero attached hydrogens (tertiary/aromatic N) is 3. The molecule has 2 N–H and O–H groups in total. The minimum absolute atomic E-state index is 0.329. The molecule has 7 heteroatoms. The van der Waals surface area contributed by atoms with Gasteiger partial charge in [0.25, 0.3) is 0 Å². The van der Waals surface area contributed by atoms with Crippen molar-refractivity contribution in [1.29, 1.82) is 0 Å². The standard InChI is InChI=1S/C16H25BN4O2/c1-10-12(9-18)7-14(20-21-19)11(2)13(10)8-17-22-15(3,4)16(5,6)23-17/h7H,8-9,18H2,1-6H3. The molecule has 23 heavy (non-hydrogen) atoms. The fraction of sp³-hybridized carbons (Fsp3) is 0.625. The molecule has 0 aromatic heterocycles. The Morgan fingerprint density at radius 1 is 1.17 bits per heavy atom. The van der Waals surface area contributed by atoms with Gasteiger partial charge in [-0.15, -0.1) is 0 Å². The number of rotatable bonds is 4. The van der Waals surface area contributed by atoms with Gasteiger partial charge in [0.2, 0.25) is 0 Å². The summed E-state index contributed by atoms with van der Waals surface area (Å²) in [4.78, 5) is 2.91. The Balaban J connectivity index is 2.40. The van der Waals surface area contributed by atoms with Crippen LogP contribution in [0.25, 0.3) is 10.4 Å². The Morgan fingerprint density at radius 3 is 2.22 bits per heavy atom. The highest BCUT2D eigenvalue weighted by molar-refractivity contribution is 6.45. The normalized spacial score (nSPS) is 18.8. The van der Waals surface area contributed by atoms with Crippen molar-refractivity contribution in [2.24, 2.45) is 10.8 Å². The van der Waals surface area contributed by atoms with Gasteiger partial charge in [0.15, 0.2) is 0 Å². The molecule has 0 atom stereocenters. The fourth-order valence-corrected chi connectivity index (χ4v) is 2.90. The third-order valence-corrected chi connectivity index (χ3v) is 5.13. The van der Waals surface area contributed by atoms with E-state index in [0.29, 0.717) is 18.6 Å². The molecule has 1 aromatic carbocycles. The number of nitrogens with two attached hydrogens (primary N) is 1. The number of azide groups is 1. The van der Waals surface area contributed by atoms with Gasteiger partial charge in [0.05, 0.1) is 11.2 Å². The molecule has 1 aliphatic heterocycles. The zero-order valence-electron chi connectivity index (χ0n) is 14.8. The second kappa shape index (κ2) is 6.17. The first-order chi connectivity index (χ1) is 10.6. The van der Waals surface area contributed by atoms with Gasteiger partial charge < -0.3 is 15.0 Å². The summed E-state index contributed by atoms with van der Waals surface area (Å²) in [5.41, 5.74) is 18.6. The fourth-order valence-electron chi connectivity index (χ4n) is 2.90. The monoisotopic (exact) mass is 316 g/mol. The third-order valence-electron chi connectivity index (χ3n) is 5.13. The summed E-state index contributed by atoms with van der Waals surface area (Å²) >= 11 is 0. The number of hydrogen-bond donors (Lipinski definition) is 1. The molecule has 6 nitrogen and oxygen atoms in total. The summed E-state index contributed by atoms with van der Waals surface area (Å²) in [6.45, 7) is 12.5. The van der Waals surface area contributed by atoms with Crippen molar-refractivity contribution in [1.82, 2.24) is 0 Å². The quantitative estimate of drug-likeness (QED) is 0.395. The maximum Gasteiger partial charge on any atom is 0.462 e. The van der Waals surface area contributed by atoms with E-state index in [0.717, 1.165) is 22.3 Å². The van der Waals surface area contributed by atoms with Crippen molar-refractivity contribution in [3.05, 3.63) is 38.8 Å². The summed E-state index contributed by atoms with van der Waals surface area (Å²) in [7, 11) is -0.329. The first-order valence-corrected chi connectivity index (χ1v) is 7.85. The highest BCUT2D eigenvalue weighted by atomic mass is 16.7. The Kier molecular flexibility index (Phi) is 4.78. The van der Waals surface area contributed by atoms with E-state index in [2.05, 4.69) is 10.0 Å². The van der Waals surface area contributed by atoms with Gasteiger partial charge in [-0.1, -0.05) is 5.11 Å². The Bertz CT molecular complexity index is 651. The Morgan fingerprint density at radius 2 is 1.74 bits per heavy atom. The summed E-state index contributed by atoms with van der Waals surface area (Å²) in [5, 5.41) is 3.79. The van der Waals surface area contributed by atoms with E-state index < -0.39 is 0 Å². The van der Waals surface area contributed by atoms with E-state index in [1.54, 1.807) is 0 Å². The van der Waals surface area contributed by atoms with Gasteiger partial charge in [-0.25, -0.2) is 0 Å². The van der Waals surface area contributed by atoms with Gasteiger partial charge in [0.1, 0.15) is 0 Å². The maximum absolute atomic E-state index is 8.77. The third kappa shape index (κ3) is 3.24. The first-order valence-electron chi connectivity index (χ1n) is 7.85. The van der Waals surface area contributed by atoms with Crippen LogP contribution >= 0.6 is 0 Å². The molecular weight excluding hydrogens is 291 g/mol. The zero-order valence-corrected chi connectivity index (χ0v) is 14.8. The molecule has 0 bridgehead atoms. The predicted octanol–water partition coefficient (Wildman–Crippen LogP) is 3.88. The van der Waals surface area contributed by atoms with Crippen molar-refractivity contribution >= 4 is 12.8 Å². The van der Waals surface area contributed by atoms with E-state index in [1.165, 1.54) is 0 Å². The summed E-state index contributed by atoms with van der Waals surface area (Å²) in [6.07, 6.45) is 0.603. The molecule has 1 fully saturated rings. The van der Waals surface area contributed by atoms with Crippen LogP contribution in [0, 0.1) is 13.8 Å². The van der Waals surface area contributed by atoms with E-state index >= 15 is 0 Å². The Labute approximate surface area is 138 Å². The van der Waals surface area contributed by atoms with E-state index in [-0.39, 0.29) is 18.3 Å². The second-order valence-corrected chi connectivity index (χ2v) is 7.07. The van der Waals surface area contributed by atoms with Crippen molar-refractivity contribution < 1.29 is 9.31 Å². The molecule has 0 amide bonds. The highest BCUT2D eigenvalue weighted by Gasteiger charge is 2.51. The highest BCUT2D eigenvalue weighted by Crippen LogP contribution is 2.38. The minimum atomic E-state index is -0.363.